The molecule has 0 radical (unpaired) electrons. The number of hydrogen-bond acceptors (Lipinski definition) is 2. The molecular weight excluding hydrogens is 322 g/mol. The molecule has 0 aliphatic carbocycles. The van der Waals surface area contributed by atoms with E-state index in [1.54, 1.807) is 0 Å². The first-order chi connectivity index (χ1) is 12.1. The third kappa shape index (κ3) is 2.45. The Balaban J connectivity index is 1.82. The molecule has 0 amide bonds. The van der Waals surface area contributed by atoms with Crippen molar-refractivity contribution in [2.24, 2.45) is 0 Å². The normalized spacial score (nSPS) is 22.9. The minimum Gasteiger partial charge on any atom is -0.352 e. The first kappa shape index (κ1) is 16.8. The van der Waals surface area contributed by atoms with E-state index in [2.05, 4.69) is 86.4 Å². The standard InChI is InChI=1S/C23H27NS/c1-4-5-10-17-24-20-13-8-7-12-19(20)22(2,3)23(24)16-15-18-11-6-9-14-21(18)25-23/h6-9,11-16H,4-5,10,17H2,1-3H3. The SMILES string of the molecule is CCCCCN1c2ccccc2C(C)(C)C12C=Cc1ccccc1S2. The summed E-state index contributed by atoms with van der Waals surface area (Å²) >= 11 is 2.04. The van der Waals surface area contributed by atoms with Crippen molar-refractivity contribution in [2.75, 3.05) is 11.4 Å². The number of rotatable bonds is 4. The summed E-state index contributed by atoms with van der Waals surface area (Å²) in [5.74, 6) is 0. The fourth-order valence-corrected chi connectivity index (χ4v) is 5.89. The van der Waals surface area contributed by atoms with Gasteiger partial charge in [-0.05, 0) is 35.8 Å². The van der Waals surface area contributed by atoms with Crippen LogP contribution < -0.4 is 4.90 Å². The van der Waals surface area contributed by atoms with Gasteiger partial charge >= 0.3 is 0 Å². The Morgan fingerprint density at radius 1 is 0.960 bits per heavy atom. The Bertz CT molecular complexity index is 807. The number of unbranched alkanes of at least 4 members (excludes halogenated alkanes) is 2. The van der Waals surface area contributed by atoms with Gasteiger partial charge < -0.3 is 4.90 Å². The lowest BCUT2D eigenvalue weighted by atomic mass is 9.79. The van der Waals surface area contributed by atoms with Gasteiger partial charge in [0.15, 0.2) is 0 Å². The van der Waals surface area contributed by atoms with Crippen molar-refractivity contribution < 1.29 is 0 Å². The van der Waals surface area contributed by atoms with Crippen LogP contribution in [0.4, 0.5) is 5.69 Å². The van der Waals surface area contributed by atoms with Crippen molar-refractivity contribution in [3.8, 4) is 0 Å². The molecule has 2 heteroatoms. The zero-order valence-corrected chi connectivity index (χ0v) is 16.3. The highest BCUT2D eigenvalue weighted by molar-refractivity contribution is 8.01. The maximum absolute atomic E-state index is 2.68. The lowest BCUT2D eigenvalue weighted by Gasteiger charge is -2.47. The summed E-state index contributed by atoms with van der Waals surface area (Å²) < 4.78 is 0. The predicted octanol–water partition coefficient (Wildman–Crippen LogP) is 6.49. The predicted molar refractivity (Wildman–Crippen MR) is 110 cm³/mol. The Hall–Kier alpha value is -1.67. The number of thioether (sulfide) groups is 1. The van der Waals surface area contributed by atoms with Crippen LogP contribution in [-0.4, -0.2) is 11.4 Å². The highest BCUT2D eigenvalue weighted by Crippen LogP contribution is 2.61. The number of para-hydroxylation sites is 1. The average Bonchev–Trinajstić information content (AvgIpc) is 2.81. The summed E-state index contributed by atoms with van der Waals surface area (Å²) in [6, 6.07) is 17.8. The average molecular weight is 350 g/mol. The van der Waals surface area contributed by atoms with Crippen LogP contribution >= 0.6 is 11.8 Å². The Kier molecular flexibility index (Phi) is 4.19. The molecule has 0 bridgehead atoms. The van der Waals surface area contributed by atoms with E-state index in [1.807, 2.05) is 11.8 Å². The molecule has 2 aliphatic heterocycles. The summed E-state index contributed by atoms with van der Waals surface area (Å²) in [7, 11) is 0. The number of benzene rings is 2. The zero-order valence-electron chi connectivity index (χ0n) is 15.5. The van der Waals surface area contributed by atoms with Crippen LogP contribution in [0.3, 0.4) is 0 Å². The fourth-order valence-electron chi connectivity index (χ4n) is 4.35. The molecule has 2 aromatic rings. The van der Waals surface area contributed by atoms with Crippen LogP contribution in [0.25, 0.3) is 6.08 Å². The topological polar surface area (TPSA) is 3.24 Å². The minimum atomic E-state index is -0.0429. The lowest BCUT2D eigenvalue weighted by Crippen LogP contribution is -2.52. The molecule has 1 spiro atoms. The molecule has 130 valence electrons. The third-order valence-corrected chi connectivity index (χ3v) is 7.59. The van der Waals surface area contributed by atoms with E-state index in [0.29, 0.717) is 0 Å². The lowest BCUT2D eigenvalue weighted by molar-refractivity contribution is 0.434. The summed E-state index contributed by atoms with van der Waals surface area (Å²) in [6.07, 6.45) is 8.61. The second-order valence-electron chi connectivity index (χ2n) is 7.67. The maximum Gasteiger partial charge on any atom is 0.119 e. The summed E-state index contributed by atoms with van der Waals surface area (Å²) in [4.78, 5) is 4.03. The molecule has 25 heavy (non-hydrogen) atoms. The van der Waals surface area contributed by atoms with Crippen molar-refractivity contribution in [3.05, 3.63) is 65.7 Å². The Labute approximate surface area is 156 Å². The van der Waals surface area contributed by atoms with E-state index in [0.717, 1.165) is 6.54 Å². The third-order valence-electron chi connectivity index (χ3n) is 5.82. The van der Waals surface area contributed by atoms with E-state index < -0.39 is 0 Å². The first-order valence-corrected chi connectivity index (χ1v) is 10.3. The van der Waals surface area contributed by atoms with E-state index in [9.17, 15) is 0 Å². The molecule has 0 aromatic heterocycles. The minimum absolute atomic E-state index is 0.0429. The van der Waals surface area contributed by atoms with Gasteiger partial charge in [-0.15, -0.1) is 0 Å². The number of anilines is 1. The van der Waals surface area contributed by atoms with Crippen LogP contribution in [-0.2, 0) is 5.41 Å². The molecule has 0 N–H and O–H groups in total. The van der Waals surface area contributed by atoms with E-state index in [4.69, 9.17) is 0 Å². The highest BCUT2D eigenvalue weighted by Gasteiger charge is 2.56. The van der Waals surface area contributed by atoms with Crippen LogP contribution in [0, 0.1) is 0 Å². The highest BCUT2D eigenvalue weighted by atomic mass is 32.2. The second kappa shape index (κ2) is 6.25. The molecule has 0 saturated carbocycles. The molecule has 2 heterocycles. The molecule has 4 rings (SSSR count). The molecule has 2 aromatic carbocycles. The smallest absolute Gasteiger partial charge is 0.119 e. The van der Waals surface area contributed by atoms with Crippen LogP contribution in [0.5, 0.6) is 0 Å². The van der Waals surface area contributed by atoms with E-state index in [-0.39, 0.29) is 10.3 Å². The molecule has 1 nitrogen and oxygen atoms in total. The van der Waals surface area contributed by atoms with Crippen molar-refractivity contribution in [2.45, 2.75) is 55.2 Å². The van der Waals surface area contributed by atoms with Crippen molar-refractivity contribution >= 4 is 23.5 Å². The van der Waals surface area contributed by atoms with Gasteiger partial charge in [0.1, 0.15) is 4.87 Å². The van der Waals surface area contributed by atoms with Crippen molar-refractivity contribution in [1.29, 1.82) is 0 Å². The summed E-state index contributed by atoms with van der Waals surface area (Å²) in [6.45, 7) is 8.23. The van der Waals surface area contributed by atoms with E-state index in [1.165, 1.54) is 41.0 Å². The summed E-state index contributed by atoms with van der Waals surface area (Å²) in [5, 5.41) is 0. The monoisotopic (exact) mass is 349 g/mol. The van der Waals surface area contributed by atoms with Crippen LogP contribution in [0.1, 0.15) is 51.2 Å². The van der Waals surface area contributed by atoms with Gasteiger partial charge in [-0.2, -0.15) is 0 Å². The number of hydrogen-bond donors (Lipinski definition) is 0. The molecule has 1 unspecified atom stereocenters. The molecule has 2 aliphatic rings. The number of fused-ring (bicyclic) bond motifs is 2. The van der Waals surface area contributed by atoms with Gasteiger partial charge in [-0.25, -0.2) is 0 Å². The largest absolute Gasteiger partial charge is 0.352 e. The quantitative estimate of drug-likeness (QED) is 0.580. The Morgan fingerprint density at radius 3 is 2.56 bits per heavy atom. The molecular formula is C23H27NS. The van der Waals surface area contributed by atoms with Crippen molar-refractivity contribution in [3.63, 3.8) is 0 Å². The van der Waals surface area contributed by atoms with Crippen LogP contribution in [0.2, 0.25) is 0 Å². The fraction of sp³-hybridized carbons (Fsp3) is 0.391. The van der Waals surface area contributed by atoms with Crippen molar-refractivity contribution in [1.82, 2.24) is 0 Å². The second-order valence-corrected chi connectivity index (χ2v) is 8.94. The molecule has 0 fully saturated rings. The zero-order chi connectivity index (χ0) is 17.5. The van der Waals surface area contributed by atoms with Gasteiger partial charge in [0.2, 0.25) is 0 Å². The first-order valence-electron chi connectivity index (χ1n) is 9.44. The van der Waals surface area contributed by atoms with Crippen LogP contribution in [0.15, 0.2) is 59.5 Å². The summed E-state index contributed by atoms with van der Waals surface area (Å²) in [5.41, 5.74) is 4.30. The Morgan fingerprint density at radius 2 is 1.72 bits per heavy atom. The molecule has 1 atom stereocenters. The van der Waals surface area contributed by atoms with Gasteiger partial charge in [-0.3, -0.25) is 0 Å². The maximum atomic E-state index is 2.68. The van der Waals surface area contributed by atoms with Gasteiger partial charge in [0.25, 0.3) is 0 Å². The van der Waals surface area contributed by atoms with Gasteiger partial charge in [0.05, 0.1) is 0 Å². The van der Waals surface area contributed by atoms with Gasteiger partial charge in [0, 0.05) is 22.5 Å². The van der Waals surface area contributed by atoms with E-state index >= 15 is 0 Å². The molecule has 0 saturated heterocycles. The number of nitrogens with zero attached hydrogens (tertiary/aromatic N) is 1. The van der Waals surface area contributed by atoms with Gasteiger partial charge in [-0.1, -0.05) is 87.8 Å².